The van der Waals surface area contributed by atoms with Crippen molar-refractivity contribution < 1.29 is 46.9 Å². The predicted octanol–water partition coefficient (Wildman–Crippen LogP) is 6.79. The van der Waals surface area contributed by atoms with Gasteiger partial charge in [0.25, 0.3) is 11.8 Å². The van der Waals surface area contributed by atoms with E-state index in [2.05, 4.69) is 54.5 Å². The Morgan fingerprint density at radius 1 is 0.600 bits per heavy atom. The summed E-state index contributed by atoms with van der Waals surface area (Å²) in [5.74, 6) is -2.89. The Morgan fingerprint density at radius 2 is 1.01 bits per heavy atom. The SMILES string of the molecule is COc1ccc2c(c1)C(N1CCN(CCC3(OC(=O)/C=C/C(=O)OC4(CCN5CCN(C6CCCc7ccc(OC)cc76)CC5)C(=O)Nc5ccc(F)cc54)C(=O)Nc4ccc(F)cc43)CC1)CCC2. The number of anilines is 2. The Bertz CT molecular complexity index is 2520. The van der Waals surface area contributed by atoms with Gasteiger partial charge in [-0.3, -0.25) is 19.4 Å². The molecule has 2 amide bonds. The van der Waals surface area contributed by atoms with Gasteiger partial charge in [0.1, 0.15) is 23.1 Å². The van der Waals surface area contributed by atoms with Crippen LogP contribution in [0.5, 0.6) is 11.5 Å². The number of benzene rings is 4. The number of ether oxygens (including phenoxy) is 4. The van der Waals surface area contributed by atoms with E-state index in [0.29, 0.717) is 50.6 Å². The standard InChI is InChI=1S/C54H60F2N6O8/c1-67-39-13-9-35-5-3-7-47(41(35)33-39)61-27-23-59(24-28-61)21-19-53(43-31-37(55)11-15-45(43)57-51(53)65)69-49(63)17-18-50(64)70-54(44-32-38(56)12-16-46(44)58-52(54)66)20-22-60-25-29-62(30-26-60)48-8-4-6-36-10-14-40(68-2)34-42(36)48/h9-18,31-34,47-48H,3-8,19-30H2,1-2H3,(H,57,65)(H,58,66)/b18-17+. The van der Waals surface area contributed by atoms with Crippen molar-refractivity contribution in [2.75, 3.05) is 90.3 Å². The molecule has 0 spiro atoms. The summed E-state index contributed by atoms with van der Waals surface area (Å²) in [6.07, 6.45) is 8.11. The fraction of sp³-hybridized carbons (Fsp3) is 0.444. The number of halogens is 2. The van der Waals surface area contributed by atoms with Crippen LogP contribution in [0.2, 0.25) is 0 Å². The summed E-state index contributed by atoms with van der Waals surface area (Å²) in [5.41, 5.74) is 2.48. The normalized spacial score (nSPS) is 24.8. The summed E-state index contributed by atoms with van der Waals surface area (Å²) in [6, 6.07) is 20.9. The maximum Gasteiger partial charge on any atom is 0.332 e. The van der Waals surface area contributed by atoms with Crippen LogP contribution in [0.4, 0.5) is 20.2 Å². The second-order valence-corrected chi connectivity index (χ2v) is 19.3. The van der Waals surface area contributed by atoms with Crippen molar-refractivity contribution in [3.05, 3.63) is 130 Å². The van der Waals surface area contributed by atoms with Gasteiger partial charge in [0.2, 0.25) is 11.2 Å². The van der Waals surface area contributed by atoms with E-state index >= 15 is 0 Å². The van der Waals surface area contributed by atoms with Crippen LogP contribution in [-0.4, -0.2) is 123 Å². The predicted molar refractivity (Wildman–Crippen MR) is 257 cm³/mol. The van der Waals surface area contributed by atoms with Gasteiger partial charge in [-0.25, -0.2) is 18.4 Å². The van der Waals surface area contributed by atoms with Gasteiger partial charge in [-0.05, 0) is 121 Å². The van der Waals surface area contributed by atoms with Crippen molar-refractivity contribution in [3.63, 3.8) is 0 Å². The van der Waals surface area contributed by atoms with E-state index in [0.717, 1.165) is 88.4 Å². The summed E-state index contributed by atoms with van der Waals surface area (Å²) in [6.45, 7) is 6.67. The zero-order valence-electron chi connectivity index (χ0n) is 39.8. The first kappa shape index (κ1) is 47.5. The lowest BCUT2D eigenvalue weighted by atomic mass is 9.86. The van der Waals surface area contributed by atoms with E-state index in [1.165, 1.54) is 58.7 Å². The molecular weight excluding hydrogens is 899 g/mol. The lowest BCUT2D eigenvalue weighted by molar-refractivity contribution is -0.165. The van der Waals surface area contributed by atoms with Crippen LogP contribution in [0.3, 0.4) is 0 Å². The summed E-state index contributed by atoms with van der Waals surface area (Å²) in [5, 5.41) is 5.52. The molecule has 4 aromatic carbocycles. The molecule has 2 saturated heterocycles. The number of carbonyl (C=O) groups is 4. The van der Waals surface area contributed by atoms with Gasteiger partial charge in [0, 0.05) is 125 Å². The molecule has 2 N–H and O–H groups in total. The van der Waals surface area contributed by atoms with Crippen molar-refractivity contribution in [2.24, 2.45) is 0 Å². The van der Waals surface area contributed by atoms with Crippen LogP contribution in [-0.2, 0) is 52.7 Å². The molecule has 0 bridgehead atoms. The maximum atomic E-state index is 14.9. The lowest BCUT2D eigenvalue weighted by Crippen LogP contribution is -2.50. The molecule has 70 heavy (non-hydrogen) atoms. The molecule has 2 aliphatic carbocycles. The number of aryl methyl sites for hydroxylation is 2. The highest BCUT2D eigenvalue weighted by atomic mass is 19.1. The Hall–Kier alpha value is -6.20. The highest BCUT2D eigenvalue weighted by Gasteiger charge is 2.52. The van der Waals surface area contributed by atoms with E-state index in [4.69, 9.17) is 18.9 Å². The number of carbonyl (C=O) groups excluding carboxylic acids is 4. The Labute approximate surface area is 406 Å². The molecule has 14 nitrogen and oxygen atoms in total. The summed E-state index contributed by atoms with van der Waals surface area (Å²) in [7, 11) is 3.36. The number of hydrogen-bond donors (Lipinski definition) is 2. The van der Waals surface area contributed by atoms with Gasteiger partial charge in [0.15, 0.2) is 0 Å². The van der Waals surface area contributed by atoms with Crippen molar-refractivity contribution >= 4 is 35.1 Å². The first-order valence-corrected chi connectivity index (χ1v) is 24.6. The first-order valence-electron chi connectivity index (χ1n) is 24.6. The van der Waals surface area contributed by atoms with Crippen LogP contribution >= 0.6 is 0 Å². The quantitative estimate of drug-likeness (QED) is 0.102. The Balaban J connectivity index is 0.805. The van der Waals surface area contributed by atoms with E-state index in [1.54, 1.807) is 14.2 Å². The zero-order valence-corrected chi connectivity index (χ0v) is 39.8. The van der Waals surface area contributed by atoms with Crippen LogP contribution in [0.1, 0.15) is 84.0 Å². The number of hydrogen-bond acceptors (Lipinski definition) is 12. The van der Waals surface area contributed by atoms with Crippen LogP contribution in [0.15, 0.2) is 84.9 Å². The summed E-state index contributed by atoms with van der Waals surface area (Å²) < 4.78 is 52.9. The summed E-state index contributed by atoms with van der Waals surface area (Å²) in [4.78, 5) is 64.8. The number of methoxy groups -OCH3 is 2. The van der Waals surface area contributed by atoms with Crippen molar-refractivity contribution in [1.29, 1.82) is 0 Å². The van der Waals surface area contributed by atoms with Crippen LogP contribution < -0.4 is 20.1 Å². The van der Waals surface area contributed by atoms with Gasteiger partial charge < -0.3 is 39.4 Å². The highest BCUT2D eigenvalue weighted by Crippen LogP contribution is 2.45. The minimum Gasteiger partial charge on any atom is -0.497 e. The average Bonchev–Trinajstić information content (AvgIpc) is 3.80. The van der Waals surface area contributed by atoms with Crippen LogP contribution in [0, 0.1) is 11.6 Å². The molecule has 4 atom stereocenters. The highest BCUT2D eigenvalue weighted by molar-refractivity contribution is 6.08. The molecule has 0 aromatic heterocycles. The average molecular weight is 959 g/mol. The van der Waals surface area contributed by atoms with E-state index in [-0.39, 0.29) is 36.1 Å². The third-order valence-corrected chi connectivity index (χ3v) is 15.5. The molecule has 0 radical (unpaired) electrons. The summed E-state index contributed by atoms with van der Waals surface area (Å²) >= 11 is 0. The molecule has 4 heterocycles. The number of piperazine rings is 2. The lowest BCUT2D eigenvalue weighted by Gasteiger charge is -2.42. The number of nitrogens with one attached hydrogen (secondary N) is 2. The number of esters is 2. The molecule has 10 rings (SSSR count). The topological polar surface area (TPSA) is 142 Å². The van der Waals surface area contributed by atoms with Gasteiger partial charge >= 0.3 is 11.9 Å². The van der Waals surface area contributed by atoms with Gasteiger partial charge in [-0.1, -0.05) is 12.1 Å². The van der Waals surface area contributed by atoms with Gasteiger partial charge in [-0.15, -0.1) is 0 Å². The third-order valence-electron chi connectivity index (χ3n) is 15.5. The van der Waals surface area contributed by atoms with E-state index in [9.17, 15) is 28.0 Å². The second kappa shape index (κ2) is 19.9. The number of rotatable bonds is 14. The molecule has 368 valence electrons. The van der Waals surface area contributed by atoms with E-state index in [1.807, 2.05) is 12.1 Å². The van der Waals surface area contributed by atoms with Gasteiger partial charge in [0.05, 0.1) is 14.2 Å². The molecule has 4 aliphatic heterocycles. The van der Waals surface area contributed by atoms with Crippen molar-refractivity contribution in [2.45, 2.75) is 74.7 Å². The Morgan fingerprint density at radius 3 is 1.41 bits per heavy atom. The minimum absolute atomic E-state index is 0.0192. The molecule has 0 saturated carbocycles. The largest absolute Gasteiger partial charge is 0.497 e. The van der Waals surface area contributed by atoms with Crippen LogP contribution in [0.25, 0.3) is 0 Å². The molecule has 2 fully saturated rings. The molecule has 6 aliphatic rings. The van der Waals surface area contributed by atoms with Gasteiger partial charge in [-0.2, -0.15) is 0 Å². The fourth-order valence-corrected chi connectivity index (χ4v) is 11.7. The van der Waals surface area contributed by atoms with Crippen molar-refractivity contribution in [1.82, 2.24) is 19.6 Å². The molecular formula is C54H60F2N6O8. The molecule has 4 aromatic rings. The Kier molecular flexibility index (Phi) is 13.5. The van der Waals surface area contributed by atoms with Crippen molar-refractivity contribution in [3.8, 4) is 11.5 Å². The molecule has 16 heteroatoms. The fourth-order valence-electron chi connectivity index (χ4n) is 11.7. The number of nitrogens with zero attached hydrogens (tertiary/aromatic N) is 4. The number of amides is 2. The van der Waals surface area contributed by atoms with E-state index < -0.39 is 46.6 Å². The number of fused-ring (bicyclic) bond motifs is 4. The maximum absolute atomic E-state index is 14.9. The third kappa shape index (κ3) is 9.29. The second-order valence-electron chi connectivity index (χ2n) is 19.3. The monoisotopic (exact) mass is 958 g/mol. The smallest absolute Gasteiger partial charge is 0.332 e. The minimum atomic E-state index is -1.90. The zero-order chi connectivity index (χ0) is 48.6. The molecule has 4 unspecified atom stereocenters. The first-order chi connectivity index (χ1) is 33.9.